The molecule has 0 unspecified atom stereocenters. The number of carbonyl (C=O) groups excluding carboxylic acids is 4. The minimum absolute atomic E-state index is 0.0480. The van der Waals surface area contributed by atoms with Gasteiger partial charge in [-0.2, -0.15) is 0 Å². The van der Waals surface area contributed by atoms with E-state index in [1.54, 1.807) is 13.0 Å². The first-order valence-electron chi connectivity index (χ1n) is 12.0. The number of hydrogen-bond acceptors (Lipinski definition) is 5. The number of alkyl halides is 1. The van der Waals surface area contributed by atoms with Crippen LogP contribution in [0.2, 0.25) is 0 Å². The van der Waals surface area contributed by atoms with E-state index in [4.69, 9.17) is 11.5 Å². The number of nitrogens with two attached hydrogens (primary N) is 2. The number of halogens is 1. The van der Waals surface area contributed by atoms with Crippen molar-refractivity contribution >= 4 is 23.6 Å². The summed E-state index contributed by atoms with van der Waals surface area (Å²) < 4.78 is 16.4. The van der Waals surface area contributed by atoms with Gasteiger partial charge in [-0.3, -0.25) is 19.2 Å². The van der Waals surface area contributed by atoms with Gasteiger partial charge in [-0.05, 0) is 24.2 Å². The van der Waals surface area contributed by atoms with Gasteiger partial charge in [0, 0.05) is 24.3 Å². The second kappa shape index (κ2) is 9.28. The Morgan fingerprint density at radius 2 is 1.94 bits per heavy atom. The number of rotatable bonds is 6. The monoisotopic (exact) mass is 479 g/mol. The van der Waals surface area contributed by atoms with Gasteiger partial charge in [0.25, 0.3) is 0 Å². The fourth-order valence-electron chi connectivity index (χ4n) is 5.44. The van der Waals surface area contributed by atoms with Crippen LogP contribution in [0.5, 0.6) is 0 Å². The summed E-state index contributed by atoms with van der Waals surface area (Å²) in [5.41, 5.74) is 9.35. The molecule has 9 nitrogen and oxygen atoms in total. The molecule has 1 aliphatic carbocycles. The van der Waals surface area contributed by atoms with Gasteiger partial charge in [-0.15, -0.1) is 0 Å². The summed E-state index contributed by atoms with van der Waals surface area (Å²) >= 11 is 0. The maximum atomic E-state index is 16.4. The average Bonchev–Trinajstić information content (AvgIpc) is 3.30. The average molecular weight is 480 g/mol. The minimum atomic E-state index is -1.82. The van der Waals surface area contributed by atoms with E-state index in [0.29, 0.717) is 13.0 Å². The van der Waals surface area contributed by atoms with E-state index in [9.17, 15) is 19.2 Å². The van der Waals surface area contributed by atoms with Crippen LogP contribution in [0.3, 0.4) is 0 Å². The summed E-state index contributed by atoms with van der Waals surface area (Å²) in [5.74, 6) is -4.25. The summed E-state index contributed by atoms with van der Waals surface area (Å²) in [6.07, 6.45) is 4.22. The molecule has 2 fully saturated rings. The number of amides is 4. The summed E-state index contributed by atoms with van der Waals surface area (Å²) in [4.78, 5) is 52.4. The standard InChI is InChI=1S/C24H38FN5O4/c1-12-6-7-13(2)24(25)11-30(22(34)18(26)23(3,4)5)17(16(12)24)21(33)29-15(19(27)31)10-14-8-9-28-20(14)32/h6-7,12-18H,8-11,26H2,1-5H3,(H2,27,31)(H,28,32)(H,29,33)/t12-,13+,14+,15+,16-,17+,18-,24+/m1/s1. The van der Waals surface area contributed by atoms with Gasteiger partial charge in [0.1, 0.15) is 17.8 Å². The number of likely N-dealkylation sites (tertiary alicyclic amines) is 1. The highest BCUT2D eigenvalue weighted by Gasteiger charge is 2.62. The lowest BCUT2D eigenvalue weighted by atomic mass is 9.68. The molecular weight excluding hydrogens is 441 g/mol. The Kier molecular flexibility index (Phi) is 7.13. The zero-order valence-electron chi connectivity index (χ0n) is 20.6. The Bertz CT molecular complexity index is 887. The van der Waals surface area contributed by atoms with Crippen molar-refractivity contribution in [1.29, 1.82) is 0 Å². The van der Waals surface area contributed by atoms with Crippen LogP contribution in [-0.2, 0) is 19.2 Å². The minimum Gasteiger partial charge on any atom is -0.368 e. The smallest absolute Gasteiger partial charge is 0.243 e. The number of hydrogen-bond donors (Lipinski definition) is 4. The van der Waals surface area contributed by atoms with Crippen LogP contribution in [0, 0.1) is 29.1 Å². The third-order valence-electron chi connectivity index (χ3n) is 7.76. The first-order valence-corrected chi connectivity index (χ1v) is 12.0. The lowest BCUT2D eigenvalue weighted by Crippen LogP contribution is -2.58. The maximum absolute atomic E-state index is 16.4. The highest BCUT2D eigenvalue weighted by atomic mass is 19.1. The fourth-order valence-corrected chi connectivity index (χ4v) is 5.44. The first kappa shape index (κ1) is 26.1. The highest BCUT2D eigenvalue weighted by molar-refractivity contribution is 5.94. The topological polar surface area (TPSA) is 148 Å². The molecule has 0 aromatic heterocycles. The maximum Gasteiger partial charge on any atom is 0.243 e. The molecule has 4 amide bonds. The molecule has 0 spiro atoms. The van der Waals surface area contributed by atoms with Gasteiger partial charge in [0.15, 0.2) is 0 Å². The third kappa shape index (κ3) is 4.69. The van der Waals surface area contributed by atoms with Gasteiger partial charge in [-0.1, -0.05) is 46.8 Å². The Balaban J connectivity index is 1.93. The summed E-state index contributed by atoms with van der Waals surface area (Å²) in [6, 6.07) is -3.22. The van der Waals surface area contributed by atoms with Crippen LogP contribution in [0.1, 0.15) is 47.5 Å². The largest absolute Gasteiger partial charge is 0.368 e. The molecule has 10 heteroatoms. The van der Waals surface area contributed by atoms with Gasteiger partial charge in [0.2, 0.25) is 23.6 Å². The van der Waals surface area contributed by atoms with Crippen LogP contribution in [0.4, 0.5) is 4.39 Å². The van der Waals surface area contributed by atoms with E-state index in [1.807, 2.05) is 33.8 Å². The predicted octanol–water partition coefficient (Wildman–Crippen LogP) is 0.233. The highest BCUT2D eigenvalue weighted by Crippen LogP contribution is 2.49. The molecule has 190 valence electrons. The van der Waals surface area contributed by atoms with Gasteiger partial charge in [0.05, 0.1) is 12.6 Å². The number of fused-ring (bicyclic) bond motifs is 1. The molecule has 2 saturated heterocycles. The number of allylic oxidation sites excluding steroid dienone is 2. The summed E-state index contributed by atoms with van der Waals surface area (Å²) in [7, 11) is 0. The second-order valence-corrected chi connectivity index (χ2v) is 11.2. The van der Waals surface area contributed by atoms with E-state index in [2.05, 4.69) is 10.6 Å². The molecule has 3 aliphatic rings. The fraction of sp³-hybridized carbons (Fsp3) is 0.750. The normalized spacial score (nSPS) is 34.9. The van der Waals surface area contributed by atoms with Crippen molar-refractivity contribution in [1.82, 2.24) is 15.5 Å². The summed E-state index contributed by atoms with van der Waals surface area (Å²) in [5, 5.41) is 5.33. The first-order chi connectivity index (χ1) is 15.7. The predicted molar refractivity (Wildman–Crippen MR) is 125 cm³/mol. The Labute approximate surface area is 200 Å². The van der Waals surface area contributed by atoms with Gasteiger partial charge < -0.3 is 27.0 Å². The molecule has 0 saturated carbocycles. The van der Waals surface area contributed by atoms with Crippen molar-refractivity contribution in [3.63, 3.8) is 0 Å². The van der Waals surface area contributed by atoms with Crippen molar-refractivity contribution in [2.24, 2.45) is 40.6 Å². The van der Waals surface area contributed by atoms with Crippen LogP contribution < -0.4 is 22.1 Å². The van der Waals surface area contributed by atoms with E-state index in [-0.39, 0.29) is 24.8 Å². The van der Waals surface area contributed by atoms with Crippen LogP contribution >= 0.6 is 0 Å². The van der Waals surface area contributed by atoms with Crippen molar-refractivity contribution in [3.05, 3.63) is 12.2 Å². The molecule has 2 aliphatic heterocycles. The number of carbonyl (C=O) groups is 4. The number of nitrogens with zero attached hydrogens (tertiary/aromatic N) is 1. The van der Waals surface area contributed by atoms with Gasteiger partial charge in [-0.25, -0.2) is 4.39 Å². The van der Waals surface area contributed by atoms with Crippen LogP contribution in [-0.4, -0.2) is 65.4 Å². The third-order valence-corrected chi connectivity index (χ3v) is 7.76. The van der Waals surface area contributed by atoms with E-state index in [1.165, 1.54) is 4.90 Å². The Morgan fingerprint density at radius 1 is 1.29 bits per heavy atom. The second-order valence-electron chi connectivity index (χ2n) is 11.2. The van der Waals surface area contributed by atoms with Gasteiger partial charge >= 0.3 is 0 Å². The number of nitrogens with one attached hydrogen (secondary N) is 2. The molecule has 0 aromatic rings. The summed E-state index contributed by atoms with van der Waals surface area (Å²) in [6.45, 7) is 9.19. The SMILES string of the molecule is C[C@@H]1C=C[C@H](C)[C@@]2(F)CN(C(=O)[C@@H](N)C(C)(C)C)[C@H](C(=O)N[C@@H](C[C@@H]3CCNC3=O)C(N)=O)[C@@H]12. The van der Waals surface area contributed by atoms with E-state index >= 15 is 4.39 Å². The molecule has 34 heavy (non-hydrogen) atoms. The van der Waals surface area contributed by atoms with Crippen molar-refractivity contribution in [2.75, 3.05) is 13.1 Å². The quantitative estimate of drug-likeness (QED) is 0.403. The zero-order chi connectivity index (χ0) is 25.6. The van der Waals surface area contributed by atoms with Crippen molar-refractivity contribution in [3.8, 4) is 0 Å². The van der Waals surface area contributed by atoms with E-state index < -0.39 is 64.7 Å². The zero-order valence-corrected chi connectivity index (χ0v) is 20.6. The van der Waals surface area contributed by atoms with E-state index in [0.717, 1.165) is 0 Å². The Hall–Kier alpha value is -2.49. The van der Waals surface area contributed by atoms with Crippen molar-refractivity contribution < 1.29 is 23.6 Å². The molecule has 2 heterocycles. The lowest BCUT2D eigenvalue weighted by Gasteiger charge is -2.39. The molecule has 3 rings (SSSR count). The lowest BCUT2D eigenvalue weighted by molar-refractivity contribution is -0.143. The van der Waals surface area contributed by atoms with Crippen molar-refractivity contribution in [2.45, 2.75) is 71.3 Å². The Morgan fingerprint density at radius 3 is 2.47 bits per heavy atom. The molecular formula is C24H38FN5O4. The van der Waals surface area contributed by atoms with Crippen LogP contribution in [0.25, 0.3) is 0 Å². The molecule has 6 N–H and O–H groups in total. The molecule has 0 bridgehead atoms. The molecule has 0 radical (unpaired) electrons. The molecule has 0 aromatic carbocycles. The van der Waals surface area contributed by atoms with Crippen LogP contribution in [0.15, 0.2) is 12.2 Å². The number of primary amides is 1. The molecule has 8 atom stereocenters.